The molecule has 1 rings (SSSR count). The average Bonchev–Trinajstić information content (AvgIpc) is 2.31. The zero-order valence-electron chi connectivity index (χ0n) is 11.3. The fourth-order valence-electron chi connectivity index (χ4n) is 1.43. The van der Waals surface area contributed by atoms with E-state index in [1.54, 1.807) is 13.1 Å². The Hall–Kier alpha value is -1.37. The number of nitrogens with zero attached hydrogens (tertiary/aromatic N) is 3. The van der Waals surface area contributed by atoms with E-state index < -0.39 is 9.84 Å². The van der Waals surface area contributed by atoms with Gasteiger partial charge in [-0.25, -0.2) is 13.4 Å². The summed E-state index contributed by atoms with van der Waals surface area (Å²) >= 11 is 0. The molecule has 7 heteroatoms. The van der Waals surface area contributed by atoms with Crippen LogP contribution in [0.25, 0.3) is 0 Å². The maximum Gasteiger partial charge on any atom is 0.224 e. The maximum atomic E-state index is 11.3. The van der Waals surface area contributed by atoms with Crippen molar-refractivity contribution in [2.45, 2.75) is 13.8 Å². The van der Waals surface area contributed by atoms with E-state index in [2.05, 4.69) is 15.3 Å². The molecule has 0 saturated carbocycles. The summed E-state index contributed by atoms with van der Waals surface area (Å²) < 4.78 is 22.7. The van der Waals surface area contributed by atoms with Crippen LogP contribution in [-0.4, -0.2) is 50.5 Å². The zero-order valence-corrected chi connectivity index (χ0v) is 12.1. The minimum absolute atomic E-state index is 0.0953. The molecule has 6 nitrogen and oxygen atoms in total. The first-order chi connectivity index (χ1) is 8.35. The summed E-state index contributed by atoms with van der Waals surface area (Å²) in [6, 6.07) is 0. The number of hydrogen-bond acceptors (Lipinski definition) is 6. The molecule has 1 heterocycles. The zero-order chi connectivity index (χ0) is 13.8. The molecule has 0 atom stereocenters. The molecule has 0 aliphatic carbocycles. The van der Waals surface area contributed by atoms with Gasteiger partial charge in [0.05, 0.1) is 5.75 Å². The molecule has 102 valence electrons. The molecule has 0 unspecified atom stereocenters. The van der Waals surface area contributed by atoms with Crippen molar-refractivity contribution >= 4 is 21.6 Å². The first-order valence-corrected chi connectivity index (χ1v) is 7.63. The number of hydrogen-bond donors (Lipinski definition) is 1. The molecule has 1 aromatic rings. The molecular weight excluding hydrogens is 252 g/mol. The Kier molecular flexibility index (Phi) is 4.89. The van der Waals surface area contributed by atoms with E-state index in [0.29, 0.717) is 12.5 Å². The van der Waals surface area contributed by atoms with Gasteiger partial charge in [0, 0.05) is 38.2 Å². The van der Waals surface area contributed by atoms with Gasteiger partial charge in [-0.2, -0.15) is 4.98 Å². The molecule has 0 aromatic carbocycles. The molecule has 0 aliphatic rings. The molecular formula is C11H20N4O2S. The average molecular weight is 272 g/mol. The van der Waals surface area contributed by atoms with Crippen LogP contribution in [0.1, 0.15) is 12.5 Å². The van der Waals surface area contributed by atoms with Crippen LogP contribution in [0.4, 0.5) is 11.8 Å². The Morgan fingerprint density at radius 3 is 2.61 bits per heavy atom. The number of rotatable bonds is 6. The van der Waals surface area contributed by atoms with Crippen LogP contribution >= 0.6 is 0 Å². The number of nitrogens with one attached hydrogen (secondary N) is 1. The van der Waals surface area contributed by atoms with E-state index in [4.69, 9.17) is 0 Å². The third-order valence-corrected chi connectivity index (χ3v) is 4.21. The third kappa shape index (κ3) is 4.14. The molecule has 18 heavy (non-hydrogen) atoms. The molecule has 0 fully saturated rings. The van der Waals surface area contributed by atoms with Gasteiger partial charge in [-0.1, -0.05) is 6.92 Å². The quantitative estimate of drug-likeness (QED) is 0.821. The largest absolute Gasteiger partial charge is 0.362 e. The summed E-state index contributed by atoms with van der Waals surface area (Å²) in [5.74, 6) is 1.53. The minimum atomic E-state index is -2.95. The standard InChI is InChI=1S/C11H20N4O2S/c1-5-18(16,17)7-6-12-11-13-8-9(2)10(14-11)15(3)4/h8H,5-7H2,1-4H3,(H,12,13,14). The van der Waals surface area contributed by atoms with E-state index in [1.807, 2.05) is 25.9 Å². The highest BCUT2D eigenvalue weighted by molar-refractivity contribution is 7.91. The van der Waals surface area contributed by atoms with Gasteiger partial charge < -0.3 is 10.2 Å². The van der Waals surface area contributed by atoms with Crippen molar-refractivity contribution in [2.75, 3.05) is 42.4 Å². The Balaban J connectivity index is 2.66. The van der Waals surface area contributed by atoms with Gasteiger partial charge in [0.15, 0.2) is 9.84 Å². The number of aryl methyl sites for hydroxylation is 1. The van der Waals surface area contributed by atoms with Crippen molar-refractivity contribution in [3.63, 3.8) is 0 Å². The second kappa shape index (κ2) is 5.99. The first kappa shape index (κ1) is 14.7. The molecule has 0 aliphatic heterocycles. The van der Waals surface area contributed by atoms with Gasteiger partial charge in [-0.15, -0.1) is 0 Å². The highest BCUT2D eigenvalue weighted by Crippen LogP contribution is 2.14. The van der Waals surface area contributed by atoms with Gasteiger partial charge in [-0.3, -0.25) is 0 Å². The minimum Gasteiger partial charge on any atom is -0.362 e. The topological polar surface area (TPSA) is 75.2 Å². The first-order valence-electron chi connectivity index (χ1n) is 5.81. The number of aromatic nitrogens is 2. The highest BCUT2D eigenvalue weighted by Gasteiger charge is 2.08. The van der Waals surface area contributed by atoms with Crippen molar-refractivity contribution in [1.29, 1.82) is 0 Å². The summed E-state index contributed by atoms with van der Waals surface area (Å²) in [6.45, 7) is 3.90. The Morgan fingerprint density at radius 1 is 1.39 bits per heavy atom. The predicted octanol–water partition coefficient (Wildman–Crippen LogP) is 0.698. The van der Waals surface area contributed by atoms with Gasteiger partial charge in [0.2, 0.25) is 5.95 Å². The van der Waals surface area contributed by atoms with E-state index >= 15 is 0 Å². The normalized spacial score (nSPS) is 11.3. The summed E-state index contributed by atoms with van der Waals surface area (Å²) in [5.41, 5.74) is 0.978. The Bertz CT molecular complexity index is 500. The van der Waals surface area contributed by atoms with E-state index in [9.17, 15) is 8.42 Å². The van der Waals surface area contributed by atoms with Crippen LogP contribution in [0.2, 0.25) is 0 Å². The Labute approximate surface area is 108 Å². The van der Waals surface area contributed by atoms with Crippen LogP contribution in [0.15, 0.2) is 6.20 Å². The second-order valence-electron chi connectivity index (χ2n) is 4.26. The second-order valence-corrected chi connectivity index (χ2v) is 6.73. The highest BCUT2D eigenvalue weighted by atomic mass is 32.2. The fraction of sp³-hybridized carbons (Fsp3) is 0.636. The molecule has 0 saturated heterocycles. The third-order valence-electron chi connectivity index (χ3n) is 2.50. The molecule has 0 spiro atoms. The molecule has 0 amide bonds. The smallest absolute Gasteiger partial charge is 0.224 e. The van der Waals surface area contributed by atoms with Crippen LogP contribution in [0.5, 0.6) is 0 Å². The molecule has 1 aromatic heterocycles. The van der Waals surface area contributed by atoms with Crippen LogP contribution in [0.3, 0.4) is 0 Å². The van der Waals surface area contributed by atoms with Crippen molar-refractivity contribution in [1.82, 2.24) is 9.97 Å². The monoisotopic (exact) mass is 272 g/mol. The van der Waals surface area contributed by atoms with Crippen molar-refractivity contribution in [3.8, 4) is 0 Å². The predicted molar refractivity (Wildman–Crippen MR) is 73.9 cm³/mol. The summed E-state index contributed by atoms with van der Waals surface area (Å²) in [5, 5.41) is 2.93. The number of anilines is 2. The van der Waals surface area contributed by atoms with Crippen molar-refractivity contribution in [3.05, 3.63) is 11.8 Å². The molecule has 0 bridgehead atoms. The van der Waals surface area contributed by atoms with Gasteiger partial charge in [0.25, 0.3) is 0 Å². The lowest BCUT2D eigenvalue weighted by molar-refractivity contribution is 0.597. The maximum absolute atomic E-state index is 11.3. The van der Waals surface area contributed by atoms with Gasteiger partial charge >= 0.3 is 0 Å². The van der Waals surface area contributed by atoms with E-state index in [-0.39, 0.29) is 11.5 Å². The fourth-order valence-corrected chi connectivity index (χ4v) is 2.14. The summed E-state index contributed by atoms with van der Waals surface area (Å²) in [4.78, 5) is 10.3. The van der Waals surface area contributed by atoms with E-state index in [0.717, 1.165) is 11.4 Å². The Morgan fingerprint density at radius 2 is 2.06 bits per heavy atom. The lowest BCUT2D eigenvalue weighted by Crippen LogP contribution is -2.19. The van der Waals surface area contributed by atoms with Crippen LogP contribution in [0, 0.1) is 6.92 Å². The van der Waals surface area contributed by atoms with E-state index in [1.165, 1.54) is 0 Å². The van der Waals surface area contributed by atoms with Gasteiger partial charge in [-0.05, 0) is 6.92 Å². The molecule has 0 radical (unpaired) electrons. The van der Waals surface area contributed by atoms with Crippen LogP contribution < -0.4 is 10.2 Å². The lowest BCUT2D eigenvalue weighted by atomic mass is 10.3. The van der Waals surface area contributed by atoms with Crippen LogP contribution in [-0.2, 0) is 9.84 Å². The van der Waals surface area contributed by atoms with Gasteiger partial charge in [0.1, 0.15) is 5.82 Å². The SMILES string of the molecule is CCS(=O)(=O)CCNc1ncc(C)c(N(C)C)n1. The van der Waals surface area contributed by atoms with Crippen molar-refractivity contribution < 1.29 is 8.42 Å². The number of sulfone groups is 1. The van der Waals surface area contributed by atoms with Crippen molar-refractivity contribution in [2.24, 2.45) is 0 Å². The lowest BCUT2D eigenvalue weighted by Gasteiger charge is -2.15. The molecule has 1 N–H and O–H groups in total. The summed E-state index contributed by atoms with van der Waals surface area (Å²) in [6.07, 6.45) is 1.72. The summed E-state index contributed by atoms with van der Waals surface area (Å²) in [7, 11) is 0.854.